The van der Waals surface area contributed by atoms with Gasteiger partial charge in [-0.1, -0.05) is 35.9 Å². The first kappa shape index (κ1) is 20.3. The molecule has 27 heavy (non-hydrogen) atoms. The lowest BCUT2D eigenvalue weighted by atomic mass is 10.2. The van der Waals surface area contributed by atoms with Crippen molar-refractivity contribution in [1.82, 2.24) is 5.43 Å². The summed E-state index contributed by atoms with van der Waals surface area (Å²) >= 11 is 5.99. The zero-order valence-electron chi connectivity index (χ0n) is 15.0. The summed E-state index contributed by atoms with van der Waals surface area (Å²) < 4.78 is 10.5. The van der Waals surface area contributed by atoms with Crippen molar-refractivity contribution in [2.24, 2.45) is 5.10 Å². The van der Waals surface area contributed by atoms with Gasteiger partial charge in [0, 0.05) is 5.71 Å². The summed E-state index contributed by atoms with van der Waals surface area (Å²) in [7, 11) is 1.52. The molecule has 0 aliphatic heterocycles. The van der Waals surface area contributed by atoms with E-state index < -0.39 is 5.91 Å². The molecule has 0 unspecified atom stereocenters. The van der Waals surface area contributed by atoms with Gasteiger partial charge in [-0.3, -0.25) is 9.59 Å². The molecule has 0 radical (unpaired) electrons. The molecule has 2 N–H and O–H groups in total. The van der Waals surface area contributed by atoms with Gasteiger partial charge in [-0.05, 0) is 31.2 Å². The van der Waals surface area contributed by atoms with Gasteiger partial charge in [-0.25, -0.2) is 5.43 Å². The predicted molar refractivity (Wildman–Crippen MR) is 104 cm³/mol. The molecule has 0 atom stereocenters. The van der Waals surface area contributed by atoms with Gasteiger partial charge in [-0.2, -0.15) is 5.10 Å². The maximum Gasteiger partial charge on any atom is 0.277 e. The average Bonchev–Trinajstić information content (AvgIpc) is 2.66. The van der Waals surface area contributed by atoms with Crippen molar-refractivity contribution < 1.29 is 19.1 Å². The van der Waals surface area contributed by atoms with Crippen LogP contribution in [0, 0.1) is 0 Å². The molecule has 0 saturated carbocycles. The lowest BCUT2D eigenvalue weighted by molar-refractivity contribution is -0.123. The third kappa shape index (κ3) is 6.63. The zero-order chi connectivity index (χ0) is 19.6. The number of benzene rings is 2. The quantitative estimate of drug-likeness (QED) is 0.535. The SMILES string of the molecule is COc1ccccc1OCC(=O)NN=C(C)CC(=O)Nc1ccccc1Cl. The van der Waals surface area contributed by atoms with Crippen LogP contribution in [-0.4, -0.2) is 31.2 Å². The lowest BCUT2D eigenvalue weighted by Gasteiger charge is -2.09. The first-order valence-electron chi connectivity index (χ1n) is 8.11. The number of ether oxygens (including phenoxy) is 2. The fourth-order valence-corrected chi connectivity index (χ4v) is 2.28. The molecule has 8 heteroatoms. The van der Waals surface area contributed by atoms with Crippen molar-refractivity contribution >= 4 is 34.8 Å². The van der Waals surface area contributed by atoms with Crippen molar-refractivity contribution in [1.29, 1.82) is 0 Å². The number of anilines is 1. The summed E-state index contributed by atoms with van der Waals surface area (Å²) in [5.41, 5.74) is 3.30. The van der Waals surface area contributed by atoms with E-state index in [-0.39, 0.29) is 18.9 Å². The second kappa shape index (κ2) is 10.2. The summed E-state index contributed by atoms with van der Waals surface area (Å²) in [5, 5.41) is 7.03. The van der Waals surface area contributed by atoms with E-state index in [0.717, 1.165) is 0 Å². The molecular formula is C19H20ClN3O4. The van der Waals surface area contributed by atoms with Gasteiger partial charge in [0.1, 0.15) is 0 Å². The number of halogens is 1. The number of methoxy groups -OCH3 is 1. The van der Waals surface area contributed by atoms with Crippen LogP contribution in [0.1, 0.15) is 13.3 Å². The summed E-state index contributed by atoms with van der Waals surface area (Å²) in [6.07, 6.45) is 0.0128. The minimum absolute atomic E-state index is 0.0128. The van der Waals surface area contributed by atoms with E-state index in [4.69, 9.17) is 21.1 Å². The van der Waals surface area contributed by atoms with Gasteiger partial charge in [-0.15, -0.1) is 0 Å². The maximum absolute atomic E-state index is 12.0. The number of hydrazone groups is 1. The molecule has 2 rings (SSSR count). The minimum Gasteiger partial charge on any atom is -0.493 e. The normalized spacial score (nSPS) is 10.9. The van der Waals surface area contributed by atoms with Crippen LogP contribution in [0.25, 0.3) is 0 Å². The Bertz CT molecular complexity index is 839. The molecule has 2 aromatic rings. The van der Waals surface area contributed by atoms with Crippen LogP contribution in [0.5, 0.6) is 11.5 Å². The van der Waals surface area contributed by atoms with Gasteiger partial charge in [0.15, 0.2) is 18.1 Å². The van der Waals surface area contributed by atoms with E-state index in [0.29, 0.717) is 27.9 Å². The van der Waals surface area contributed by atoms with Crippen LogP contribution >= 0.6 is 11.6 Å². The van der Waals surface area contributed by atoms with E-state index >= 15 is 0 Å². The molecule has 0 bridgehead atoms. The highest BCUT2D eigenvalue weighted by molar-refractivity contribution is 6.33. The number of nitrogens with one attached hydrogen (secondary N) is 2. The van der Waals surface area contributed by atoms with Crippen LogP contribution in [0.3, 0.4) is 0 Å². The highest BCUT2D eigenvalue weighted by atomic mass is 35.5. The van der Waals surface area contributed by atoms with Gasteiger partial charge < -0.3 is 14.8 Å². The average molecular weight is 390 g/mol. The van der Waals surface area contributed by atoms with Crippen LogP contribution in [-0.2, 0) is 9.59 Å². The number of amides is 2. The monoisotopic (exact) mass is 389 g/mol. The second-order valence-electron chi connectivity index (χ2n) is 5.53. The van der Waals surface area contributed by atoms with Crippen LogP contribution in [0.2, 0.25) is 5.02 Å². The Balaban J connectivity index is 1.79. The second-order valence-corrected chi connectivity index (χ2v) is 5.93. The highest BCUT2D eigenvalue weighted by Gasteiger charge is 2.09. The first-order valence-corrected chi connectivity index (χ1v) is 8.49. The van der Waals surface area contributed by atoms with E-state index in [9.17, 15) is 9.59 Å². The standard InChI is InChI=1S/C19H20ClN3O4/c1-13(11-18(24)21-15-8-4-3-7-14(15)20)22-23-19(25)12-27-17-10-6-5-9-16(17)26-2/h3-10H,11-12H2,1-2H3,(H,21,24)(H,23,25). The Labute approximate surface area is 162 Å². The number of hydrogen-bond acceptors (Lipinski definition) is 5. The minimum atomic E-state index is -0.452. The van der Waals surface area contributed by atoms with Crippen LogP contribution in [0.4, 0.5) is 5.69 Å². The third-order valence-corrected chi connectivity index (χ3v) is 3.69. The molecule has 7 nitrogen and oxygen atoms in total. The van der Waals surface area contributed by atoms with Crippen LogP contribution < -0.4 is 20.2 Å². The lowest BCUT2D eigenvalue weighted by Crippen LogP contribution is -2.26. The first-order chi connectivity index (χ1) is 13.0. The Morgan fingerprint density at radius 1 is 1.04 bits per heavy atom. The van der Waals surface area contributed by atoms with Crippen molar-refractivity contribution in [2.75, 3.05) is 19.0 Å². The third-order valence-electron chi connectivity index (χ3n) is 3.36. The Morgan fingerprint density at radius 3 is 2.41 bits per heavy atom. The molecular weight excluding hydrogens is 370 g/mol. The molecule has 2 amide bonds. The van der Waals surface area contributed by atoms with Gasteiger partial charge >= 0.3 is 0 Å². The molecule has 0 heterocycles. The van der Waals surface area contributed by atoms with Crippen molar-refractivity contribution in [2.45, 2.75) is 13.3 Å². The van der Waals surface area contributed by atoms with E-state index in [1.165, 1.54) is 7.11 Å². The van der Waals surface area contributed by atoms with E-state index in [1.807, 2.05) is 0 Å². The molecule has 0 spiro atoms. The van der Waals surface area contributed by atoms with Crippen molar-refractivity contribution in [3.63, 3.8) is 0 Å². The van der Waals surface area contributed by atoms with Crippen LogP contribution in [0.15, 0.2) is 53.6 Å². The van der Waals surface area contributed by atoms with E-state index in [2.05, 4.69) is 15.8 Å². The number of hydrogen-bond donors (Lipinski definition) is 2. The molecule has 0 saturated heterocycles. The van der Waals surface area contributed by atoms with Crippen molar-refractivity contribution in [3.8, 4) is 11.5 Å². The molecule has 0 aliphatic rings. The Hall–Kier alpha value is -3.06. The Kier molecular flexibility index (Phi) is 7.63. The Morgan fingerprint density at radius 2 is 1.70 bits per heavy atom. The number of carbonyl (C=O) groups is 2. The van der Waals surface area contributed by atoms with E-state index in [1.54, 1.807) is 55.5 Å². The number of carbonyl (C=O) groups excluding carboxylic acids is 2. The molecule has 2 aromatic carbocycles. The topological polar surface area (TPSA) is 89.0 Å². The molecule has 0 aliphatic carbocycles. The number of nitrogens with zero attached hydrogens (tertiary/aromatic N) is 1. The molecule has 0 aromatic heterocycles. The predicted octanol–water partition coefficient (Wildman–Crippen LogP) is 3.25. The fraction of sp³-hybridized carbons (Fsp3) is 0.211. The fourth-order valence-electron chi connectivity index (χ4n) is 2.10. The maximum atomic E-state index is 12.0. The zero-order valence-corrected chi connectivity index (χ0v) is 15.7. The summed E-state index contributed by atoms with van der Waals surface area (Å²) in [6, 6.07) is 13.9. The largest absolute Gasteiger partial charge is 0.493 e. The highest BCUT2D eigenvalue weighted by Crippen LogP contribution is 2.25. The number of para-hydroxylation sites is 3. The molecule has 142 valence electrons. The summed E-state index contributed by atoms with van der Waals surface area (Å²) in [4.78, 5) is 23.8. The summed E-state index contributed by atoms with van der Waals surface area (Å²) in [5.74, 6) is 0.242. The smallest absolute Gasteiger partial charge is 0.277 e. The number of rotatable bonds is 8. The summed E-state index contributed by atoms with van der Waals surface area (Å²) in [6.45, 7) is 1.40. The molecule has 0 fully saturated rings. The van der Waals surface area contributed by atoms with Gasteiger partial charge in [0.05, 0.1) is 24.2 Å². The van der Waals surface area contributed by atoms with Gasteiger partial charge in [0.2, 0.25) is 5.91 Å². The van der Waals surface area contributed by atoms with Crippen molar-refractivity contribution in [3.05, 3.63) is 53.6 Å². The van der Waals surface area contributed by atoms with Gasteiger partial charge in [0.25, 0.3) is 5.91 Å².